The molecule has 1 nitrogen and oxygen atoms in total. The average molecular weight is 253 g/mol. The van der Waals surface area contributed by atoms with E-state index in [0.29, 0.717) is 0 Å². The summed E-state index contributed by atoms with van der Waals surface area (Å²) in [5.41, 5.74) is 0. The van der Waals surface area contributed by atoms with Gasteiger partial charge in [-0.3, -0.25) is 0 Å². The minimum Gasteiger partial charge on any atom is -0.317 e. The van der Waals surface area contributed by atoms with Crippen LogP contribution in [0, 0.1) is 23.7 Å². The van der Waals surface area contributed by atoms with E-state index in [9.17, 15) is 0 Å². The molecule has 0 saturated heterocycles. The first kappa shape index (κ1) is 16.0. The van der Waals surface area contributed by atoms with Crippen molar-refractivity contribution in [3.63, 3.8) is 0 Å². The van der Waals surface area contributed by atoms with Crippen molar-refractivity contribution in [1.82, 2.24) is 5.32 Å². The topological polar surface area (TPSA) is 12.0 Å². The van der Waals surface area contributed by atoms with Gasteiger partial charge in [-0.2, -0.15) is 0 Å². The zero-order valence-electron chi connectivity index (χ0n) is 13.2. The Bertz CT molecular complexity index is 202. The summed E-state index contributed by atoms with van der Waals surface area (Å²) < 4.78 is 0. The highest BCUT2D eigenvalue weighted by molar-refractivity contribution is 4.82. The predicted molar refractivity (Wildman–Crippen MR) is 81.8 cm³/mol. The van der Waals surface area contributed by atoms with E-state index in [1.807, 2.05) is 0 Å². The lowest BCUT2D eigenvalue weighted by Gasteiger charge is -2.37. The molecule has 0 heterocycles. The molecule has 0 amide bonds. The molecule has 0 radical (unpaired) electrons. The minimum atomic E-state index is 0.916. The molecule has 1 rings (SSSR count). The highest BCUT2D eigenvalue weighted by Gasteiger charge is 2.30. The van der Waals surface area contributed by atoms with Crippen LogP contribution in [-0.2, 0) is 0 Å². The van der Waals surface area contributed by atoms with Gasteiger partial charge < -0.3 is 5.32 Å². The van der Waals surface area contributed by atoms with Gasteiger partial charge in [0.25, 0.3) is 0 Å². The van der Waals surface area contributed by atoms with E-state index >= 15 is 0 Å². The zero-order valence-corrected chi connectivity index (χ0v) is 13.2. The summed E-state index contributed by atoms with van der Waals surface area (Å²) in [6, 6.07) is 0. The summed E-state index contributed by atoms with van der Waals surface area (Å²) >= 11 is 0. The van der Waals surface area contributed by atoms with Crippen LogP contribution < -0.4 is 5.32 Å². The standard InChI is InChI=1S/C17H35N/c1-5-8-15-9-10-16(13-18-7-3)17(12-15)11-14(4)6-2/h14-18H,5-13H2,1-4H3. The molecule has 1 aliphatic carbocycles. The number of hydrogen-bond donors (Lipinski definition) is 1. The lowest BCUT2D eigenvalue weighted by atomic mass is 9.69. The Hall–Kier alpha value is -0.0400. The molecule has 1 aliphatic rings. The maximum atomic E-state index is 3.59. The molecule has 0 aromatic carbocycles. The molecule has 0 aromatic rings. The van der Waals surface area contributed by atoms with Gasteiger partial charge >= 0.3 is 0 Å². The first-order valence-corrected chi connectivity index (χ1v) is 8.41. The fourth-order valence-corrected chi connectivity index (χ4v) is 3.67. The third kappa shape index (κ3) is 5.30. The largest absolute Gasteiger partial charge is 0.317 e. The smallest absolute Gasteiger partial charge is 0.00180 e. The summed E-state index contributed by atoms with van der Waals surface area (Å²) in [4.78, 5) is 0. The molecule has 108 valence electrons. The second-order valence-electron chi connectivity index (χ2n) is 6.54. The summed E-state index contributed by atoms with van der Waals surface area (Å²) in [5.74, 6) is 3.89. The molecular formula is C17H35N. The van der Waals surface area contributed by atoms with Crippen LogP contribution in [0.15, 0.2) is 0 Å². The molecule has 0 aliphatic heterocycles. The van der Waals surface area contributed by atoms with E-state index in [2.05, 4.69) is 33.0 Å². The molecule has 1 saturated carbocycles. The van der Waals surface area contributed by atoms with Gasteiger partial charge in [0.2, 0.25) is 0 Å². The molecule has 0 spiro atoms. The molecule has 0 aromatic heterocycles. The van der Waals surface area contributed by atoms with Crippen LogP contribution in [0.25, 0.3) is 0 Å². The summed E-state index contributed by atoms with van der Waals surface area (Å²) in [5, 5.41) is 3.59. The monoisotopic (exact) mass is 253 g/mol. The van der Waals surface area contributed by atoms with Crippen LogP contribution >= 0.6 is 0 Å². The molecule has 1 fully saturated rings. The van der Waals surface area contributed by atoms with E-state index in [0.717, 1.165) is 30.2 Å². The average Bonchev–Trinajstić information content (AvgIpc) is 2.38. The van der Waals surface area contributed by atoms with E-state index in [4.69, 9.17) is 0 Å². The molecule has 18 heavy (non-hydrogen) atoms. The molecule has 4 unspecified atom stereocenters. The van der Waals surface area contributed by atoms with E-state index < -0.39 is 0 Å². The molecule has 1 heteroatoms. The second kappa shape index (κ2) is 8.96. The van der Waals surface area contributed by atoms with E-state index in [1.165, 1.54) is 51.5 Å². The molecule has 1 N–H and O–H groups in total. The van der Waals surface area contributed by atoms with Crippen molar-refractivity contribution in [3.05, 3.63) is 0 Å². The summed E-state index contributed by atoms with van der Waals surface area (Å²) in [6.45, 7) is 11.7. The Labute approximate surface area is 115 Å². The van der Waals surface area contributed by atoms with Gasteiger partial charge in [0.05, 0.1) is 0 Å². The minimum absolute atomic E-state index is 0.916. The van der Waals surface area contributed by atoms with Crippen molar-refractivity contribution in [1.29, 1.82) is 0 Å². The molecule has 0 bridgehead atoms. The van der Waals surface area contributed by atoms with Crippen molar-refractivity contribution in [2.75, 3.05) is 13.1 Å². The van der Waals surface area contributed by atoms with Crippen LogP contribution in [0.3, 0.4) is 0 Å². The number of nitrogens with one attached hydrogen (secondary N) is 1. The lowest BCUT2D eigenvalue weighted by Crippen LogP contribution is -2.34. The van der Waals surface area contributed by atoms with Gasteiger partial charge in [0.15, 0.2) is 0 Å². The van der Waals surface area contributed by atoms with Gasteiger partial charge in [-0.15, -0.1) is 0 Å². The van der Waals surface area contributed by atoms with E-state index in [1.54, 1.807) is 0 Å². The number of hydrogen-bond acceptors (Lipinski definition) is 1. The highest BCUT2D eigenvalue weighted by Crippen LogP contribution is 2.39. The van der Waals surface area contributed by atoms with Crippen molar-refractivity contribution in [2.45, 2.75) is 72.6 Å². The fourth-order valence-electron chi connectivity index (χ4n) is 3.67. The maximum absolute atomic E-state index is 3.59. The van der Waals surface area contributed by atoms with E-state index in [-0.39, 0.29) is 0 Å². The van der Waals surface area contributed by atoms with Gasteiger partial charge in [-0.25, -0.2) is 0 Å². The number of rotatable bonds is 8. The Kier molecular flexibility index (Phi) is 7.97. The Morgan fingerprint density at radius 3 is 2.50 bits per heavy atom. The third-order valence-corrected chi connectivity index (χ3v) is 5.00. The van der Waals surface area contributed by atoms with Crippen LogP contribution in [-0.4, -0.2) is 13.1 Å². The van der Waals surface area contributed by atoms with Gasteiger partial charge in [0, 0.05) is 0 Å². The molecular weight excluding hydrogens is 218 g/mol. The van der Waals surface area contributed by atoms with Gasteiger partial charge in [0.1, 0.15) is 0 Å². The SMILES string of the molecule is CCCC1CCC(CNCC)C(CC(C)CC)C1. The van der Waals surface area contributed by atoms with Gasteiger partial charge in [-0.1, -0.05) is 53.4 Å². The summed E-state index contributed by atoms with van der Waals surface area (Å²) in [6.07, 6.45) is 10.1. The van der Waals surface area contributed by atoms with Crippen LogP contribution in [0.2, 0.25) is 0 Å². The van der Waals surface area contributed by atoms with Crippen molar-refractivity contribution in [3.8, 4) is 0 Å². The van der Waals surface area contributed by atoms with Crippen LogP contribution in [0.1, 0.15) is 72.6 Å². The second-order valence-corrected chi connectivity index (χ2v) is 6.54. The molecule has 4 atom stereocenters. The first-order valence-electron chi connectivity index (χ1n) is 8.41. The Morgan fingerprint density at radius 2 is 1.89 bits per heavy atom. The van der Waals surface area contributed by atoms with Crippen molar-refractivity contribution >= 4 is 0 Å². The third-order valence-electron chi connectivity index (χ3n) is 5.00. The Balaban J connectivity index is 2.49. The van der Waals surface area contributed by atoms with Crippen molar-refractivity contribution < 1.29 is 0 Å². The normalized spacial score (nSPS) is 30.3. The Morgan fingerprint density at radius 1 is 1.11 bits per heavy atom. The van der Waals surface area contributed by atoms with Crippen LogP contribution in [0.4, 0.5) is 0 Å². The predicted octanol–water partition coefficient (Wildman–Crippen LogP) is 4.86. The zero-order chi connectivity index (χ0) is 13.4. The fraction of sp³-hybridized carbons (Fsp3) is 1.00. The van der Waals surface area contributed by atoms with Gasteiger partial charge in [-0.05, 0) is 56.0 Å². The van der Waals surface area contributed by atoms with Crippen LogP contribution in [0.5, 0.6) is 0 Å². The lowest BCUT2D eigenvalue weighted by molar-refractivity contribution is 0.144. The van der Waals surface area contributed by atoms with Crippen molar-refractivity contribution in [2.24, 2.45) is 23.7 Å². The summed E-state index contributed by atoms with van der Waals surface area (Å²) in [7, 11) is 0. The first-order chi connectivity index (χ1) is 8.71. The maximum Gasteiger partial charge on any atom is -0.00180 e. The quantitative estimate of drug-likeness (QED) is 0.651. The highest BCUT2D eigenvalue weighted by atomic mass is 14.8.